The Labute approximate surface area is 158 Å². The molecule has 0 unspecified atom stereocenters. The van der Waals surface area contributed by atoms with Crippen molar-refractivity contribution in [3.05, 3.63) is 53.7 Å². The summed E-state index contributed by atoms with van der Waals surface area (Å²) >= 11 is 1.70. The number of benzene rings is 1. The summed E-state index contributed by atoms with van der Waals surface area (Å²) < 4.78 is 5.85. The Morgan fingerprint density at radius 2 is 1.73 bits per heavy atom. The summed E-state index contributed by atoms with van der Waals surface area (Å²) in [6.07, 6.45) is 8.82. The number of hydrogen-bond acceptors (Lipinski definition) is 4. The van der Waals surface area contributed by atoms with Crippen LogP contribution in [0.5, 0.6) is 5.88 Å². The molecule has 2 N–H and O–H groups in total. The average molecular weight is 372 g/mol. The van der Waals surface area contributed by atoms with Gasteiger partial charge in [-0.3, -0.25) is 0 Å². The van der Waals surface area contributed by atoms with E-state index in [0.29, 0.717) is 25.1 Å². The Hall–Kier alpha value is -2.21. The van der Waals surface area contributed by atoms with Crippen LogP contribution < -0.4 is 15.4 Å². The molecule has 2 amide bonds. The van der Waals surface area contributed by atoms with Crippen LogP contribution >= 0.6 is 11.8 Å². The highest BCUT2D eigenvalue weighted by Crippen LogP contribution is 2.22. The maximum atomic E-state index is 11.9. The lowest BCUT2D eigenvalue weighted by atomic mass is 10.2. The van der Waals surface area contributed by atoms with E-state index in [1.807, 2.05) is 30.5 Å². The molecule has 1 saturated carbocycles. The van der Waals surface area contributed by atoms with Crippen LogP contribution in [-0.2, 0) is 13.1 Å². The van der Waals surface area contributed by atoms with Gasteiger partial charge in [-0.15, -0.1) is 11.8 Å². The maximum Gasteiger partial charge on any atom is 0.315 e. The number of pyridine rings is 1. The number of nitrogens with zero attached hydrogens (tertiary/aromatic N) is 1. The minimum absolute atomic E-state index is 0.190. The minimum Gasteiger partial charge on any atom is -0.474 e. The van der Waals surface area contributed by atoms with Gasteiger partial charge < -0.3 is 15.4 Å². The van der Waals surface area contributed by atoms with Gasteiger partial charge in [-0.25, -0.2) is 9.78 Å². The molecule has 138 valence electrons. The summed E-state index contributed by atoms with van der Waals surface area (Å²) in [5.74, 6) is 0.666. The number of hydrogen-bond donors (Lipinski definition) is 2. The number of carbonyl (C=O) groups is 1. The standard InChI is InChI=1S/C20H25N3O2S/c1-26-18-9-6-15(7-10-18)12-22-20(24)23-14-16-8-11-19(21-13-16)25-17-4-2-3-5-17/h6-11,13,17H,2-5,12,14H2,1H3,(H2,22,23,24). The summed E-state index contributed by atoms with van der Waals surface area (Å²) in [5, 5.41) is 5.71. The smallest absolute Gasteiger partial charge is 0.315 e. The van der Waals surface area contributed by atoms with Crippen LogP contribution in [0.25, 0.3) is 0 Å². The van der Waals surface area contributed by atoms with Crippen LogP contribution in [0.3, 0.4) is 0 Å². The van der Waals surface area contributed by atoms with E-state index in [0.717, 1.165) is 24.0 Å². The molecule has 0 spiro atoms. The number of nitrogens with one attached hydrogen (secondary N) is 2. The van der Waals surface area contributed by atoms with Gasteiger partial charge in [0.05, 0.1) is 0 Å². The van der Waals surface area contributed by atoms with Crippen LogP contribution in [0.4, 0.5) is 4.79 Å². The van der Waals surface area contributed by atoms with E-state index >= 15 is 0 Å². The predicted molar refractivity (Wildman–Crippen MR) is 104 cm³/mol. The van der Waals surface area contributed by atoms with Gasteiger partial charge in [-0.05, 0) is 55.2 Å². The number of ether oxygens (including phenoxy) is 1. The Kier molecular flexibility index (Phi) is 6.77. The first-order chi connectivity index (χ1) is 12.7. The highest BCUT2D eigenvalue weighted by atomic mass is 32.2. The largest absolute Gasteiger partial charge is 0.474 e. The zero-order valence-corrected chi connectivity index (χ0v) is 15.8. The van der Waals surface area contributed by atoms with Crippen molar-refractivity contribution >= 4 is 17.8 Å². The van der Waals surface area contributed by atoms with Crippen molar-refractivity contribution in [3.8, 4) is 5.88 Å². The number of carbonyl (C=O) groups excluding carboxylic acids is 1. The van der Waals surface area contributed by atoms with Gasteiger partial charge in [0.25, 0.3) is 0 Å². The highest BCUT2D eigenvalue weighted by molar-refractivity contribution is 7.98. The second-order valence-corrected chi connectivity index (χ2v) is 7.29. The highest BCUT2D eigenvalue weighted by Gasteiger charge is 2.16. The molecule has 5 nitrogen and oxygen atoms in total. The van der Waals surface area contributed by atoms with E-state index in [1.165, 1.54) is 17.7 Å². The molecule has 2 aromatic rings. The van der Waals surface area contributed by atoms with Crippen molar-refractivity contribution in [2.45, 2.75) is 49.8 Å². The average Bonchev–Trinajstić information content (AvgIpc) is 3.19. The number of urea groups is 1. The molecule has 0 bridgehead atoms. The summed E-state index contributed by atoms with van der Waals surface area (Å²) in [5.41, 5.74) is 2.02. The quantitative estimate of drug-likeness (QED) is 0.719. The third kappa shape index (κ3) is 5.66. The summed E-state index contributed by atoms with van der Waals surface area (Å²) in [7, 11) is 0. The van der Waals surface area contributed by atoms with E-state index in [2.05, 4.69) is 27.8 Å². The third-order valence-corrected chi connectivity index (χ3v) is 5.20. The first-order valence-electron chi connectivity index (χ1n) is 8.99. The van der Waals surface area contributed by atoms with E-state index < -0.39 is 0 Å². The van der Waals surface area contributed by atoms with Gasteiger partial charge in [-0.1, -0.05) is 18.2 Å². The van der Waals surface area contributed by atoms with Gasteiger partial charge in [0.2, 0.25) is 5.88 Å². The predicted octanol–water partition coefficient (Wildman–Crippen LogP) is 4.12. The fourth-order valence-electron chi connectivity index (χ4n) is 2.93. The van der Waals surface area contributed by atoms with Crippen molar-refractivity contribution in [2.24, 2.45) is 0 Å². The van der Waals surface area contributed by atoms with Crippen LogP contribution in [0, 0.1) is 0 Å². The number of aromatic nitrogens is 1. The zero-order valence-electron chi connectivity index (χ0n) is 15.0. The van der Waals surface area contributed by atoms with Crippen LogP contribution in [-0.4, -0.2) is 23.4 Å². The van der Waals surface area contributed by atoms with Crippen molar-refractivity contribution in [1.29, 1.82) is 0 Å². The second kappa shape index (κ2) is 9.48. The topological polar surface area (TPSA) is 63.2 Å². The first-order valence-corrected chi connectivity index (χ1v) is 10.2. The molecule has 3 rings (SSSR count). The SMILES string of the molecule is CSc1ccc(CNC(=O)NCc2ccc(OC3CCCC3)nc2)cc1. The molecular formula is C20H25N3O2S. The molecule has 26 heavy (non-hydrogen) atoms. The molecule has 1 aromatic carbocycles. The molecule has 0 atom stereocenters. The normalized spacial score (nSPS) is 14.2. The lowest BCUT2D eigenvalue weighted by molar-refractivity contribution is 0.201. The molecule has 1 heterocycles. The summed E-state index contributed by atoms with van der Waals surface area (Å²) in [4.78, 5) is 17.5. The summed E-state index contributed by atoms with van der Waals surface area (Å²) in [6.45, 7) is 0.945. The molecule has 6 heteroatoms. The maximum absolute atomic E-state index is 11.9. The third-order valence-electron chi connectivity index (χ3n) is 4.45. The first kappa shape index (κ1) is 18.6. The van der Waals surface area contributed by atoms with Crippen LogP contribution in [0.2, 0.25) is 0 Å². The molecule has 0 saturated heterocycles. The van der Waals surface area contributed by atoms with Gasteiger partial charge in [0.15, 0.2) is 0 Å². The van der Waals surface area contributed by atoms with Crippen molar-refractivity contribution in [2.75, 3.05) is 6.26 Å². The van der Waals surface area contributed by atoms with Gasteiger partial charge in [0, 0.05) is 30.2 Å². The van der Waals surface area contributed by atoms with E-state index in [9.17, 15) is 4.79 Å². The van der Waals surface area contributed by atoms with Crippen molar-refractivity contribution in [3.63, 3.8) is 0 Å². The van der Waals surface area contributed by atoms with E-state index in [-0.39, 0.29) is 6.03 Å². The zero-order chi connectivity index (χ0) is 18.2. The summed E-state index contributed by atoms with van der Waals surface area (Å²) in [6, 6.07) is 11.8. The molecular weight excluding hydrogens is 346 g/mol. The molecule has 1 fully saturated rings. The van der Waals surface area contributed by atoms with Crippen molar-refractivity contribution in [1.82, 2.24) is 15.6 Å². The number of thioether (sulfide) groups is 1. The van der Waals surface area contributed by atoms with Gasteiger partial charge >= 0.3 is 6.03 Å². The monoisotopic (exact) mass is 371 g/mol. The molecule has 1 aromatic heterocycles. The lowest BCUT2D eigenvalue weighted by Crippen LogP contribution is -2.34. The van der Waals surface area contributed by atoms with Gasteiger partial charge in [0.1, 0.15) is 6.10 Å². The second-order valence-electron chi connectivity index (χ2n) is 6.41. The van der Waals surface area contributed by atoms with Crippen LogP contribution in [0.15, 0.2) is 47.5 Å². The van der Waals surface area contributed by atoms with E-state index in [1.54, 1.807) is 18.0 Å². The number of rotatable bonds is 7. The van der Waals surface area contributed by atoms with Crippen LogP contribution in [0.1, 0.15) is 36.8 Å². The van der Waals surface area contributed by atoms with Gasteiger partial charge in [-0.2, -0.15) is 0 Å². The molecule has 0 aliphatic heterocycles. The molecule has 1 aliphatic rings. The Bertz CT molecular complexity index is 698. The van der Waals surface area contributed by atoms with Crippen molar-refractivity contribution < 1.29 is 9.53 Å². The number of amides is 2. The minimum atomic E-state index is -0.190. The Morgan fingerprint density at radius 1 is 1.08 bits per heavy atom. The lowest BCUT2D eigenvalue weighted by Gasteiger charge is -2.12. The molecule has 0 radical (unpaired) electrons. The fourth-order valence-corrected chi connectivity index (χ4v) is 3.34. The van der Waals surface area contributed by atoms with E-state index in [4.69, 9.17) is 4.74 Å². The molecule has 1 aliphatic carbocycles. The Balaban J connectivity index is 1.39. The fraction of sp³-hybridized carbons (Fsp3) is 0.400. The Morgan fingerprint density at radius 3 is 2.35 bits per heavy atom.